The molecule has 1 aliphatic rings. The topological polar surface area (TPSA) is 83.7 Å². The van der Waals surface area contributed by atoms with Gasteiger partial charge in [-0.3, -0.25) is 4.79 Å². The highest BCUT2D eigenvalue weighted by molar-refractivity contribution is 5.83. The second kappa shape index (κ2) is 6.82. The second-order valence-corrected chi connectivity index (χ2v) is 5.54. The summed E-state index contributed by atoms with van der Waals surface area (Å²) in [6.07, 6.45) is 0. The fourth-order valence-corrected chi connectivity index (χ4v) is 2.71. The second-order valence-electron chi connectivity index (χ2n) is 5.54. The number of amides is 2. The summed E-state index contributed by atoms with van der Waals surface area (Å²) < 4.78 is 11.1. The largest absolute Gasteiger partial charge is 0.486 e. The molecule has 0 atom stereocenters. The summed E-state index contributed by atoms with van der Waals surface area (Å²) in [4.78, 5) is 28.7. The number of hydrogen-bond acceptors (Lipinski definition) is 4. The summed E-state index contributed by atoms with van der Waals surface area (Å²) in [5.74, 6) is 1.30. The Morgan fingerprint density at radius 1 is 1.17 bits per heavy atom. The van der Waals surface area contributed by atoms with E-state index in [1.165, 1.54) is 0 Å². The van der Waals surface area contributed by atoms with E-state index in [1.807, 2.05) is 19.9 Å². The minimum Gasteiger partial charge on any atom is -0.486 e. The molecule has 0 saturated heterocycles. The summed E-state index contributed by atoms with van der Waals surface area (Å²) in [6, 6.07) is 5.20. The van der Waals surface area contributed by atoms with Gasteiger partial charge >= 0.3 is 6.03 Å². The molecule has 2 aromatic rings. The summed E-state index contributed by atoms with van der Waals surface area (Å²) >= 11 is 0. The van der Waals surface area contributed by atoms with Crippen LogP contribution in [0.25, 0.3) is 10.9 Å². The first-order chi connectivity index (χ1) is 11.6. The molecule has 0 saturated carbocycles. The van der Waals surface area contributed by atoms with Gasteiger partial charge in [0, 0.05) is 36.7 Å². The van der Waals surface area contributed by atoms with Gasteiger partial charge in [0.15, 0.2) is 11.5 Å². The van der Waals surface area contributed by atoms with Gasteiger partial charge in [-0.1, -0.05) is 0 Å². The number of H-pyrrole nitrogens is 1. The fourth-order valence-electron chi connectivity index (χ4n) is 2.71. The molecule has 0 spiro atoms. The van der Waals surface area contributed by atoms with Crippen molar-refractivity contribution in [1.29, 1.82) is 0 Å². The molecule has 2 N–H and O–H groups in total. The molecule has 7 heteroatoms. The lowest BCUT2D eigenvalue weighted by Gasteiger charge is -2.20. The quantitative estimate of drug-likeness (QED) is 0.895. The van der Waals surface area contributed by atoms with Crippen LogP contribution < -0.4 is 20.3 Å². The smallest absolute Gasteiger partial charge is 0.317 e. The van der Waals surface area contributed by atoms with E-state index >= 15 is 0 Å². The molecule has 1 aliphatic heterocycles. The Morgan fingerprint density at radius 3 is 2.50 bits per heavy atom. The van der Waals surface area contributed by atoms with Gasteiger partial charge in [0.25, 0.3) is 5.56 Å². The van der Waals surface area contributed by atoms with E-state index in [-0.39, 0.29) is 18.1 Å². The Kier molecular flexibility index (Phi) is 4.59. The number of fused-ring (bicyclic) bond motifs is 2. The van der Waals surface area contributed by atoms with Crippen LogP contribution in [0.15, 0.2) is 23.0 Å². The highest BCUT2D eigenvalue weighted by Gasteiger charge is 2.15. The molecular formula is C17H21N3O4. The number of aromatic amines is 1. The number of nitrogens with zero attached hydrogens (tertiary/aromatic N) is 1. The predicted molar refractivity (Wildman–Crippen MR) is 90.7 cm³/mol. The van der Waals surface area contributed by atoms with E-state index in [1.54, 1.807) is 17.0 Å². The zero-order chi connectivity index (χ0) is 17.1. The van der Waals surface area contributed by atoms with Crippen LogP contribution in [0.1, 0.15) is 19.4 Å². The van der Waals surface area contributed by atoms with Crippen molar-refractivity contribution in [3.05, 3.63) is 34.1 Å². The Labute approximate surface area is 139 Å². The number of pyridine rings is 1. The standard InChI is InChI=1S/C17H21N3O4/c1-3-20(4-2)17(22)18-10-12-7-11-8-14-15(24-6-5-23-14)9-13(11)19-16(12)21/h7-9H,3-6,10H2,1-2H3,(H,18,22)(H,19,21). The molecule has 0 bridgehead atoms. The van der Waals surface area contributed by atoms with Crippen LogP contribution in [0.3, 0.4) is 0 Å². The molecule has 24 heavy (non-hydrogen) atoms. The van der Waals surface area contributed by atoms with Gasteiger partial charge in [-0.2, -0.15) is 0 Å². The highest BCUT2D eigenvalue weighted by atomic mass is 16.6. The number of nitrogens with one attached hydrogen (secondary N) is 2. The van der Waals surface area contributed by atoms with Crippen molar-refractivity contribution in [3.8, 4) is 11.5 Å². The molecule has 1 aromatic carbocycles. The van der Waals surface area contributed by atoms with Gasteiger partial charge in [-0.05, 0) is 26.0 Å². The zero-order valence-electron chi connectivity index (χ0n) is 13.8. The summed E-state index contributed by atoms with van der Waals surface area (Å²) in [6.45, 7) is 6.26. The molecule has 0 fully saturated rings. The average Bonchev–Trinajstić information content (AvgIpc) is 2.59. The number of benzene rings is 1. The number of carbonyl (C=O) groups excluding carboxylic acids is 1. The molecule has 0 radical (unpaired) electrons. The first kappa shape index (κ1) is 16.2. The molecule has 7 nitrogen and oxygen atoms in total. The first-order valence-electron chi connectivity index (χ1n) is 8.10. The first-order valence-corrected chi connectivity index (χ1v) is 8.10. The average molecular weight is 331 g/mol. The van der Waals surface area contributed by atoms with Crippen molar-refractivity contribution in [3.63, 3.8) is 0 Å². The third kappa shape index (κ3) is 3.15. The van der Waals surface area contributed by atoms with E-state index in [0.29, 0.717) is 48.9 Å². The van der Waals surface area contributed by atoms with Crippen LogP contribution >= 0.6 is 0 Å². The fraction of sp³-hybridized carbons (Fsp3) is 0.412. The van der Waals surface area contributed by atoms with Gasteiger partial charge in [0.2, 0.25) is 0 Å². The van der Waals surface area contributed by atoms with Crippen LogP contribution in [0, 0.1) is 0 Å². The number of rotatable bonds is 4. The Hall–Kier alpha value is -2.70. The maximum atomic E-state index is 12.2. The van der Waals surface area contributed by atoms with Crippen molar-refractivity contribution in [2.45, 2.75) is 20.4 Å². The van der Waals surface area contributed by atoms with Crippen molar-refractivity contribution in [2.24, 2.45) is 0 Å². The summed E-state index contributed by atoms with van der Waals surface area (Å²) in [5.41, 5.74) is 0.960. The number of urea groups is 1. The summed E-state index contributed by atoms with van der Waals surface area (Å²) in [7, 11) is 0. The SMILES string of the molecule is CCN(CC)C(=O)NCc1cc2cc3c(cc2[nH]c1=O)OCCO3. The molecule has 128 valence electrons. The molecule has 1 aromatic heterocycles. The zero-order valence-corrected chi connectivity index (χ0v) is 13.8. The molecule has 2 amide bonds. The van der Waals surface area contributed by atoms with Crippen LogP contribution in [0.5, 0.6) is 11.5 Å². The van der Waals surface area contributed by atoms with Crippen molar-refractivity contribution < 1.29 is 14.3 Å². The van der Waals surface area contributed by atoms with E-state index in [2.05, 4.69) is 10.3 Å². The lowest BCUT2D eigenvalue weighted by Crippen LogP contribution is -2.40. The molecular weight excluding hydrogens is 310 g/mol. The number of aromatic nitrogens is 1. The van der Waals surface area contributed by atoms with E-state index in [0.717, 1.165) is 5.39 Å². The monoisotopic (exact) mass is 331 g/mol. The van der Waals surface area contributed by atoms with E-state index in [4.69, 9.17) is 9.47 Å². The lowest BCUT2D eigenvalue weighted by atomic mass is 10.1. The Balaban J connectivity index is 1.85. The van der Waals surface area contributed by atoms with Crippen LogP contribution in [0.2, 0.25) is 0 Å². The maximum absolute atomic E-state index is 12.2. The number of carbonyl (C=O) groups is 1. The van der Waals surface area contributed by atoms with Crippen molar-refractivity contribution in [1.82, 2.24) is 15.2 Å². The van der Waals surface area contributed by atoms with Crippen LogP contribution in [-0.4, -0.2) is 42.2 Å². The highest BCUT2D eigenvalue weighted by Crippen LogP contribution is 2.33. The van der Waals surface area contributed by atoms with Gasteiger partial charge in [-0.15, -0.1) is 0 Å². The molecule has 2 heterocycles. The molecule has 0 unspecified atom stereocenters. The molecule has 0 aliphatic carbocycles. The number of ether oxygens (including phenoxy) is 2. The minimum atomic E-state index is -0.223. The lowest BCUT2D eigenvalue weighted by molar-refractivity contribution is 0.172. The summed E-state index contributed by atoms with van der Waals surface area (Å²) in [5, 5.41) is 3.62. The minimum absolute atomic E-state index is 0.176. The van der Waals surface area contributed by atoms with Crippen LogP contribution in [0.4, 0.5) is 4.79 Å². The predicted octanol–water partition coefficient (Wildman–Crippen LogP) is 1.85. The normalized spacial score (nSPS) is 12.9. The van der Waals surface area contributed by atoms with Gasteiger partial charge in [0.05, 0.1) is 5.52 Å². The van der Waals surface area contributed by atoms with E-state index in [9.17, 15) is 9.59 Å². The van der Waals surface area contributed by atoms with Crippen molar-refractivity contribution in [2.75, 3.05) is 26.3 Å². The van der Waals surface area contributed by atoms with Crippen molar-refractivity contribution >= 4 is 16.9 Å². The van der Waals surface area contributed by atoms with Gasteiger partial charge in [0.1, 0.15) is 13.2 Å². The number of hydrogen-bond donors (Lipinski definition) is 2. The maximum Gasteiger partial charge on any atom is 0.317 e. The van der Waals surface area contributed by atoms with E-state index < -0.39 is 0 Å². The van der Waals surface area contributed by atoms with Gasteiger partial charge < -0.3 is 24.7 Å². The molecule has 3 rings (SSSR count). The Bertz CT molecular complexity index is 811. The third-order valence-electron chi connectivity index (χ3n) is 4.06. The van der Waals surface area contributed by atoms with Crippen LogP contribution in [-0.2, 0) is 6.54 Å². The third-order valence-corrected chi connectivity index (χ3v) is 4.06. The Morgan fingerprint density at radius 2 is 1.83 bits per heavy atom. The van der Waals surface area contributed by atoms with Gasteiger partial charge in [-0.25, -0.2) is 4.79 Å².